The van der Waals surface area contributed by atoms with E-state index in [1.54, 1.807) is 30.3 Å². The van der Waals surface area contributed by atoms with Crippen LogP contribution in [0.4, 0.5) is 5.69 Å². The van der Waals surface area contributed by atoms with Crippen molar-refractivity contribution in [3.05, 3.63) is 56.5 Å². The van der Waals surface area contributed by atoms with E-state index < -0.39 is 0 Å². The number of anilines is 1. The monoisotopic (exact) mass is 326 g/mol. The van der Waals surface area contributed by atoms with Gasteiger partial charge in [0.1, 0.15) is 6.61 Å². The minimum Gasteiger partial charge on any atom is -0.486 e. The number of rotatable bonds is 3. The molecule has 0 heterocycles. The highest BCUT2D eigenvalue weighted by Crippen LogP contribution is 2.35. The zero-order chi connectivity index (χ0) is 14.7. The number of ether oxygens (including phenoxy) is 1. The topological polar surface area (TPSA) is 59.0 Å². The van der Waals surface area contributed by atoms with E-state index in [2.05, 4.69) is 0 Å². The summed E-state index contributed by atoms with van der Waals surface area (Å²) in [6.45, 7) is 0.188. The van der Waals surface area contributed by atoms with Gasteiger partial charge in [-0.1, -0.05) is 40.9 Å². The molecule has 2 rings (SSSR count). The van der Waals surface area contributed by atoms with Crippen LogP contribution in [0.2, 0.25) is 15.1 Å². The lowest BCUT2D eigenvalue weighted by Crippen LogP contribution is -1.98. The first-order valence-corrected chi connectivity index (χ1v) is 6.70. The van der Waals surface area contributed by atoms with Crippen LogP contribution in [0.25, 0.3) is 0 Å². The Morgan fingerprint density at radius 3 is 2.25 bits per heavy atom. The van der Waals surface area contributed by atoms with E-state index in [0.29, 0.717) is 32.1 Å². The van der Waals surface area contributed by atoms with Crippen LogP contribution >= 0.6 is 34.8 Å². The van der Waals surface area contributed by atoms with Gasteiger partial charge in [0.15, 0.2) is 5.75 Å². The maximum Gasteiger partial charge on any atom is 0.157 e. The fourth-order valence-electron chi connectivity index (χ4n) is 1.60. The molecule has 102 valence electrons. The van der Waals surface area contributed by atoms with Crippen LogP contribution < -0.4 is 10.5 Å². The lowest BCUT2D eigenvalue weighted by atomic mass is 10.1. The number of hydrogen-bond acceptors (Lipinski definition) is 3. The van der Waals surface area contributed by atoms with Crippen LogP contribution in [0.3, 0.4) is 0 Å². The van der Waals surface area contributed by atoms with Gasteiger partial charge in [-0.15, -0.1) is 0 Å². The Hall–Kier alpha value is -1.60. The van der Waals surface area contributed by atoms with Crippen LogP contribution in [0, 0.1) is 11.3 Å². The molecule has 2 N–H and O–H groups in total. The minimum absolute atomic E-state index is 0.188. The molecular formula is C14H9Cl3N2O. The van der Waals surface area contributed by atoms with E-state index in [-0.39, 0.29) is 6.61 Å². The molecule has 0 radical (unpaired) electrons. The Labute approximate surface area is 131 Å². The van der Waals surface area contributed by atoms with Gasteiger partial charge in [-0.05, 0) is 24.3 Å². The second kappa shape index (κ2) is 6.23. The van der Waals surface area contributed by atoms with Crippen LogP contribution in [0.1, 0.15) is 11.1 Å². The molecule has 0 aliphatic heterocycles. The predicted octanol–water partition coefficient (Wildman–Crippen LogP) is 4.68. The smallest absolute Gasteiger partial charge is 0.157 e. The van der Waals surface area contributed by atoms with E-state index in [1.807, 2.05) is 6.07 Å². The average Bonchev–Trinajstić information content (AvgIpc) is 2.39. The molecule has 0 amide bonds. The summed E-state index contributed by atoms with van der Waals surface area (Å²) >= 11 is 18.1. The maximum absolute atomic E-state index is 8.77. The van der Waals surface area contributed by atoms with Gasteiger partial charge in [-0.3, -0.25) is 0 Å². The Morgan fingerprint density at radius 2 is 1.70 bits per heavy atom. The number of hydrogen-bond donors (Lipinski definition) is 1. The molecule has 0 aliphatic rings. The maximum atomic E-state index is 8.77. The Morgan fingerprint density at radius 1 is 1.05 bits per heavy atom. The molecule has 20 heavy (non-hydrogen) atoms. The van der Waals surface area contributed by atoms with Gasteiger partial charge in [-0.2, -0.15) is 5.26 Å². The molecule has 2 aromatic carbocycles. The second-order valence-electron chi connectivity index (χ2n) is 4.02. The molecule has 0 aliphatic carbocycles. The third-order valence-electron chi connectivity index (χ3n) is 2.57. The van der Waals surface area contributed by atoms with E-state index in [0.717, 1.165) is 5.56 Å². The van der Waals surface area contributed by atoms with E-state index in [1.165, 1.54) is 0 Å². The van der Waals surface area contributed by atoms with Crippen molar-refractivity contribution in [1.82, 2.24) is 0 Å². The van der Waals surface area contributed by atoms with Crippen molar-refractivity contribution in [2.75, 3.05) is 5.73 Å². The lowest BCUT2D eigenvalue weighted by molar-refractivity contribution is 0.307. The molecule has 2 aromatic rings. The Kier molecular flexibility index (Phi) is 4.61. The fourth-order valence-corrected chi connectivity index (χ4v) is 2.45. The van der Waals surface area contributed by atoms with Gasteiger partial charge in [0, 0.05) is 16.3 Å². The Bertz CT molecular complexity index is 672. The van der Waals surface area contributed by atoms with Crippen molar-refractivity contribution in [3.8, 4) is 11.8 Å². The highest BCUT2D eigenvalue weighted by atomic mass is 35.5. The molecule has 0 bridgehead atoms. The van der Waals surface area contributed by atoms with Crippen molar-refractivity contribution in [2.24, 2.45) is 0 Å². The fraction of sp³-hybridized carbons (Fsp3) is 0.0714. The van der Waals surface area contributed by atoms with Gasteiger partial charge in [-0.25, -0.2) is 0 Å². The van der Waals surface area contributed by atoms with Gasteiger partial charge in [0.25, 0.3) is 0 Å². The molecule has 0 saturated carbocycles. The zero-order valence-corrected chi connectivity index (χ0v) is 12.4. The number of halogens is 3. The van der Waals surface area contributed by atoms with E-state index in [4.69, 9.17) is 50.5 Å². The molecule has 0 aromatic heterocycles. The zero-order valence-electron chi connectivity index (χ0n) is 10.2. The van der Waals surface area contributed by atoms with Crippen LogP contribution in [-0.2, 0) is 6.61 Å². The molecule has 0 unspecified atom stereocenters. The summed E-state index contributed by atoms with van der Waals surface area (Å²) in [5, 5.41) is 9.89. The molecule has 0 atom stereocenters. The molecule has 3 nitrogen and oxygen atoms in total. The SMILES string of the molecule is N#Cc1ccc(COc2c(Cl)cc(N)cc2Cl)c(Cl)c1. The first-order chi connectivity index (χ1) is 9.51. The first kappa shape index (κ1) is 14.8. The van der Waals surface area contributed by atoms with Crippen LogP contribution in [0.15, 0.2) is 30.3 Å². The van der Waals surface area contributed by atoms with Crippen molar-refractivity contribution >= 4 is 40.5 Å². The number of benzene rings is 2. The molecule has 0 spiro atoms. The number of nitrogens with zero attached hydrogens (tertiary/aromatic N) is 1. The second-order valence-corrected chi connectivity index (χ2v) is 5.24. The highest BCUT2D eigenvalue weighted by molar-refractivity contribution is 6.37. The molecule has 0 fully saturated rings. The summed E-state index contributed by atoms with van der Waals surface area (Å²) in [7, 11) is 0. The average molecular weight is 328 g/mol. The normalized spacial score (nSPS) is 10.1. The number of nitriles is 1. The summed E-state index contributed by atoms with van der Waals surface area (Å²) in [5.41, 5.74) is 7.30. The summed E-state index contributed by atoms with van der Waals surface area (Å²) in [5.74, 6) is 0.350. The lowest BCUT2D eigenvalue weighted by Gasteiger charge is -2.11. The molecular weight excluding hydrogens is 319 g/mol. The molecule has 6 heteroatoms. The van der Waals surface area contributed by atoms with Gasteiger partial charge in [0.2, 0.25) is 0 Å². The number of nitrogens with two attached hydrogens (primary N) is 1. The summed E-state index contributed by atoms with van der Waals surface area (Å²) in [6, 6.07) is 10.1. The number of nitrogen functional groups attached to an aromatic ring is 1. The Balaban J connectivity index is 2.20. The summed E-state index contributed by atoms with van der Waals surface area (Å²) in [6.07, 6.45) is 0. The first-order valence-electron chi connectivity index (χ1n) is 5.57. The quantitative estimate of drug-likeness (QED) is 0.833. The van der Waals surface area contributed by atoms with Crippen molar-refractivity contribution in [3.63, 3.8) is 0 Å². The summed E-state index contributed by atoms with van der Waals surface area (Å²) < 4.78 is 5.58. The van der Waals surface area contributed by atoms with Gasteiger partial charge < -0.3 is 10.5 Å². The largest absolute Gasteiger partial charge is 0.486 e. The minimum atomic E-state index is 0.188. The van der Waals surface area contributed by atoms with Crippen molar-refractivity contribution in [2.45, 2.75) is 6.61 Å². The van der Waals surface area contributed by atoms with Crippen LogP contribution in [0.5, 0.6) is 5.75 Å². The van der Waals surface area contributed by atoms with Crippen LogP contribution in [-0.4, -0.2) is 0 Å². The standard InChI is InChI=1S/C14H9Cl3N2O/c15-11-3-8(6-18)1-2-9(11)7-20-14-12(16)4-10(19)5-13(14)17/h1-5H,7,19H2. The summed E-state index contributed by atoms with van der Waals surface area (Å²) in [4.78, 5) is 0. The predicted molar refractivity (Wildman–Crippen MR) is 81.4 cm³/mol. The van der Waals surface area contributed by atoms with E-state index in [9.17, 15) is 0 Å². The van der Waals surface area contributed by atoms with Gasteiger partial charge >= 0.3 is 0 Å². The molecule has 0 saturated heterocycles. The van der Waals surface area contributed by atoms with Gasteiger partial charge in [0.05, 0.1) is 21.7 Å². The van der Waals surface area contributed by atoms with Crippen molar-refractivity contribution < 1.29 is 4.74 Å². The van der Waals surface area contributed by atoms with E-state index >= 15 is 0 Å². The third kappa shape index (κ3) is 3.29. The van der Waals surface area contributed by atoms with Crippen molar-refractivity contribution in [1.29, 1.82) is 5.26 Å². The highest BCUT2D eigenvalue weighted by Gasteiger charge is 2.10. The third-order valence-corrected chi connectivity index (χ3v) is 3.49.